The van der Waals surface area contributed by atoms with Gasteiger partial charge in [-0.2, -0.15) is 0 Å². The number of hydrogen-bond acceptors (Lipinski definition) is 9. The van der Waals surface area contributed by atoms with E-state index >= 15 is 0 Å². The van der Waals surface area contributed by atoms with Crippen molar-refractivity contribution in [3.05, 3.63) is 81.0 Å². The third-order valence-corrected chi connectivity index (χ3v) is 7.21. The van der Waals surface area contributed by atoms with Crippen molar-refractivity contribution in [3.63, 3.8) is 0 Å². The zero-order valence-electron chi connectivity index (χ0n) is 20.8. The first kappa shape index (κ1) is 26.9. The summed E-state index contributed by atoms with van der Waals surface area (Å²) < 4.78 is 0. The van der Waals surface area contributed by atoms with Crippen LogP contribution in [0.4, 0.5) is 10.8 Å². The molecule has 4 aromatic rings. The lowest BCUT2D eigenvalue weighted by molar-refractivity contribution is -0.384. The van der Waals surface area contributed by atoms with Crippen LogP contribution in [0.2, 0.25) is 0 Å². The Morgan fingerprint density at radius 3 is 2.61 bits per heavy atom. The van der Waals surface area contributed by atoms with Crippen molar-refractivity contribution in [1.82, 2.24) is 25.5 Å². The second kappa shape index (κ2) is 12.0. The van der Waals surface area contributed by atoms with Crippen LogP contribution >= 0.6 is 23.1 Å². The molecule has 11 nitrogen and oxygen atoms in total. The maximum Gasteiger partial charge on any atom is 0.270 e. The summed E-state index contributed by atoms with van der Waals surface area (Å²) in [4.78, 5) is 45.8. The minimum Gasteiger partial charge on any atom is -0.342 e. The largest absolute Gasteiger partial charge is 0.342 e. The van der Waals surface area contributed by atoms with Gasteiger partial charge in [0.25, 0.3) is 11.6 Å². The van der Waals surface area contributed by atoms with Gasteiger partial charge in [-0.05, 0) is 18.9 Å². The lowest BCUT2D eigenvalue weighted by atomic mass is 10.0. The van der Waals surface area contributed by atoms with Crippen molar-refractivity contribution in [2.45, 2.75) is 32.0 Å². The fraction of sp³-hybridized carbons (Fsp3) is 0.240. The fourth-order valence-corrected chi connectivity index (χ4v) is 5.05. The molecule has 2 aromatic carbocycles. The monoisotopic (exact) mass is 551 g/mol. The van der Waals surface area contributed by atoms with Gasteiger partial charge < -0.3 is 10.6 Å². The summed E-state index contributed by atoms with van der Waals surface area (Å²) in [5.74, 6) is -0.272. The second-order valence-corrected chi connectivity index (χ2v) is 10.8. The average Bonchev–Trinajstić information content (AvgIpc) is 3.52. The second-order valence-electron chi connectivity index (χ2n) is 8.63. The van der Waals surface area contributed by atoms with Crippen molar-refractivity contribution in [1.29, 1.82) is 0 Å². The van der Waals surface area contributed by atoms with Crippen molar-refractivity contribution in [2.75, 3.05) is 11.1 Å². The van der Waals surface area contributed by atoms with Gasteiger partial charge in [0, 0.05) is 28.1 Å². The van der Waals surface area contributed by atoms with Gasteiger partial charge in [-0.3, -0.25) is 24.8 Å². The highest BCUT2D eigenvalue weighted by molar-refractivity contribution is 7.99. The first-order valence-electron chi connectivity index (χ1n) is 11.6. The first-order chi connectivity index (χ1) is 18.2. The molecule has 0 aliphatic heterocycles. The van der Waals surface area contributed by atoms with E-state index in [1.807, 2.05) is 51.1 Å². The van der Waals surface area contributed by atoms with Gasteiger partial charge in [0.1, 0.15) is 5.82 Å². The molecule has 2 heterocycles. The Bertz CT molecular complexity index is 1450. The van der Waals surface area contributed by atoms with E-state index < -0.39 is 16.9 Å². The van der Waals surface area contributed by atoms with Gasteiger partial charge in [-0.15, -0.1) is 16.4 Å². The van der Waals surface area contributed by atoms with E-state index in [1.54, 1.807) is 0 Å². The summed E-state index contributed by atoms with van der Waals surface area (Å²) in [6.45, 7) is 5.77. The zero-order valence-corrected chi connectivity index (χ0v) is 22.4. The van der Waals surface area contributed by atoms with E-state index in [9.17, 15) is 19.7 Å². The lowest BCUT2D eigenvalue weighted by Crippen LogP contribution is -2.32. The number of nitrogens with one attached hydrogen (secondary N) is 3. The summed E-state index contributed by atoms with van der Waals surface area (Å²) in [6.07, 6.45) is 0. The molecule has 0 saturated carbocycles. The molecule has 13 heteroatoms. The van der Waals surface area contributed by atoms with Crippen LogP contribution in [0.25, 0.3) is 11.3 Å². The predicted octanol–water partition coefficient (Wildman–Crippen LogP) is 5.00. The Kier molecular flexibility index (Phi) is 8.48. The number of thioether (sulfide) groups is 1. The van der Waals surface area contributed by atoms with Gasteiger partial charge in [0.05, 0.1) is 22.4 Å². The quantitative estimate of drug-likeness (QED) is 0.141. The van der Waals surface area contributed by atoms with Crippen LogP contribution < -0.4 is 10.6 Å². The summed E-state index contributed by atoms with van der Waals surface area (Å²) in [6, 6.07) is 14.8. The maximum absolute atomic E-state index is 12.8. The van der Waals surface area contributed by atoms with Crippen LogP contribution in [0.1, 0.15) is 40.9 Å². The molecule has 0 fully saturated rings. The maximum atomic E-state index is 12.8. The van der Waals surface area contributed by atoms with Gasteiger partial charge in [0.2, 0.25) is 11.1 Å². The number of H-pyrrole nitrogens is 1. The molecule has 3 N–H and O–H groups in total. The number of anilines is 1. The van der Waals surface area contributed by atoms with Crippen LogP contribution in [0.15, 0.2) is 59.8 Å². The number of nitro groups is 1. The van der Waals surface area contributed by atoms with E-state index in [1.165, 1.54) is 35.6 Å². The van der Waals surface area contributed by atoms with Crippen LogP contribution in [0.3, 0.4) is 0 Å². The minimum atomic E-state index is -0.551. The summed E-state index contributed by atoms with van der Waals surface area (Å²) in [5, 5.41) is 24.6. The zero-order chi connectivity index (χ0) is 27.2. The van der Waals surface area contributed by atoms with Crippen molar-refractivity contribution >= 4 is 45.7 Å². The first-order valence-corrected chi connectivity index (χ1v) is 13.4. The van der Waals surface area contributed by atoms with Crippen molar-refractivity contribution in [3.8, 4) is 11.3 Å². The Labute approximate surface area is 226 Å². The number of thiazole rings is 1. The van der Waals surface area contributed by atoms with Crippen LogP contribution in [-0.2, 0) is 4.79 Å². The molecule has 196 valence electrons. The van der Waals surface area contributed by atoms with E-state index in [4.69, 9.17) is 0 Å². The predicted molar refractivity (Wildman–Crippen MR) is 146 cm³/mol. The number of carbonyl (C=O) groups excluding carboxylic acids is 2. The van der Waals surface area contributed by atoms with Crippen molar-refractivity contribution in [2.24, 2.45) is 5.92 Å². The van der Waals surface area contributed by atoms with E-state index in [0.717, 1.165) is 27.9 Å². The summed E-state index contributed by atoms with van der Waals surface area (Å²) in [7, 11) is 0. The third kappa shape index (κ3) is 6.61. The Morgan fingerprint density at radius 1 is 1.13 bits per heavy atom. The number of nitro benzene ring substituents is 1. The Morgan fingerprint density at radius 2 is 1.89 bits per heavy atom. The van der Waals surface area contributed by atoms with Crippen LogP contribution in [0.5, 0.6) is 0 Å². The molecule has 0 spiro atoms. The van der Waals surface area contributed by atoms with Crippen LogP contribution in [-0.4, -0.2) is 42.7 Å². The van der Waals surface area contributed by atoms with E-state index in [0.29, 0.717) is 16.1 Å². The number of aryl methyl sites for hydroxylation is 1. The lowest BCUT2D eigenvalue weighted by Gasteiger charge is -2.19. The van der Waals surface area contributed by atoms with Crippen LogP contribution in [0, 0.1) is 23.0 Å². The number of aromatic nitrogens is 4. The molecule has 38 heavy (non-hydrogen) atoms. The van der Waals surface area contributed by atoms with E-state index in [2.05, 4.69) is 30.8 Å². The number of benzene rings is 2. The van der Waals surface area contributed by atoms with Gasteiger partial charge in [-0.1, -0.05) is 62.0 Å². The standard InChI is InChI=1S/C25H25N7O4S2/c1-14(2)20(27-23(34)17-10-7-11-18(12-17)32(35)36)22-29-25(31-30-22)37-13-19(33)26-24-28-21(15(3)38-24)16-8-5-4-6-9-16/h4-12,14,20H,13H2,1-3H3,(H,27,34)(H,26,28,33)(H,29,30,31)/t20-/m1/s1. The summed E-state index contributed by atoms with van der Waals surface area (Å²) >= 11 is 2.56. The SMILES string of the molecule is Cc1sc(NC(=O)CSc2n[nH]c([C@H](NC(=O)c3cccc([N+](=O)[O-])c3)C(C)C)n2)nc1-c1ccccc1. The highest BCUT2D eigenvalue weighted by Crippen LogP contribution is 2.30. The average molecular weight is 552 g/mol. The smallest absolute Gasteiger partial charge is 0.270 e. The molecule has 0 bridgehead atoms. The highest BCUT2D eigenvalue weighted by atomic mass is 32.2. The van der Waals surface area contributed by atoms with Gasteiger partial charge in [-0.25, -0.2) is 9.97 Å². The van der Waals surface area contributed by atoms with Crippen molar-refractivity contribution < 1.29 is 14.5 Å². The van der Waals surface area contributed by atoms with Gasteiger partial charge in [0.15, 0.2) is 5.13 Å². The molecule has 0 aliphatic carbocycles. The Hall–Kier alpha value is -4.10. The minimum absolute atomic E-state index is 0.0568. The number of aromatic amines is 1. The highest BCUT2D eigenvalue weighted by Gasteiger charge is 2.24. The molecule has 1 atom stereocenters. The molecule has 0 saturated heterocycles. The topological polar surface area (TPSA) is 156 Å². The van der Waals surface area contributed by atoms with E-state index in [-0.39, 0.29) is 28.8 Å². The molecule has 0 aliphatic rings. The molecular formula is C25H25N7O4S2. The Balaban J connectivity index is 1.36. The molecular weight excluding hydrogens is 526 g/mol. The molecule has 0 unspecified atom stereocenters. The molecule has 2 amide bonds. The molecule has 0 radical (unpaired) electrons. The number of carbonyl (C=O) groups is 2. The number of nitrogens with zero attached hydrogens (tertiary/aromatic N) is 4. The molecule has 4 rings (SSSR count). The van der Waals surface area contributed by atoms with Gasteiger partial charge >= 0.3 is 0 Å². The number of non-ortho nitro benzene ring substituents is 1. The molecule has 2 aromatic heterocycles. The number of rotatable bonds is 10. The normalized spacial score (nSPS) is 11.8. The number of amides is 2. The number of hydrogen-bond donors (Lipinski definition) is 3. The third-order valence-electron chi connectivity index (χ3n) is 5.47. The summed E-state index contributed by atoms with van der Waals surface area (Å²) in [5.41, 5.74) is 1.83. The fourth-order valence-electron chi connectivity index (χ4n) is 3.60.